The number of hydrogen-bond donors (Lipinski definition) is 2. The normalized spacial score (nSPS) is 10.3. The van der Waals surface area contributed by atoms with Crippen LogP contribution >= 0.6 is 0 Å². The standard InChI is InChI=1S/C13H16N2O8/c1-23-10-7-9(14(19)20)8(12(13(10)18)15(21)22)5-3-2-4-6-11(16)17/h7,18H,2-6H2,1H3,(H,16,17). The molecule has 0 saturated heterocycles. The van der Waals surface area contributed by atoms with E-state index in [0.29, 0.717) is 19.3 Å². The highest BCUT2D eigenvalue weighted by Gasteiger charge is 2.32. The summed E-state index contributed by atoms with van der Waals surface area (Å²) in [5.41, 5.74) is -1.47. The number of rotatable bonds is 9. The molecule has 0 bridgehead atoms. The van der Waals surface area contributed by atoms with Gasteiger partial charge in [-0.25, -0.2) is 0 Å². The van der Waals surface area contributed by atoms with Crippen LogP contribution in [0.5, 0.6) is 11.5 Å². The maximum atomic E-state index is 11.2. The van der Waals surface area contributed by atoms with E-state index in [1.807, 2.05) is 0 Å². The summed E-state index contributed by atoms with van der Waals surface area (Å²) in [6, 6.07) is 0.939. The maximum absolute atomic E-state index is 11.2. The zero-order valence-electron chi connectivity index (χ0n) is 12.4. The second-order valence-corrected chi connectivity index (χ2v) is 4.74. The van der Waals surface area contributed by atoms with E-state index in [9.17, 15) is 30.1 Å². The SMILES string of the molecule is COc1cc([N+](=O)[O-])c(CCCCCC(=O)O)c([N+](=O)[O-])c1O. The number of unbranched alkanes of at least 4 members (excludes halogenated alkanes) is 2. The van der Waals surface area contributed by atoms with Crippen LogP contribution in [-0.2, 0) is 11.2 Å². The number of aromatic hydroxyl groups is 1. The Morgan fingerprint density at radius 3 is 2.35 bits per heavy atom. The number of phenols is 1. The van der Waals surface area contributed by atoms with Crippen molar-refractivity contribution in [3.8, 4) is 11.5 Å². The van der Waals surface area contributed by atoms with Crippen molar-refractivity contribution in [3.63, 3.8) is 0 Å². The van der Waals surface area contributed by atoms with Crippen molar-refractivity contribution in [1.29, 1.82) is 0 Å². The molecule has 2 N–H and O–H groups in total. The van der Waals surface area contributed by atoms with Crippen LogP contribution in [0.4, 0.5) is 11.4 Å². The zero-order valence-corrected chi connectivity index (χ0v) is 12.4. The van der Waals surface area contributed by atoms with E-state index in [2.05, 4.69) is 0 Å². The van der Waals surface area contributed by atoms with Crippen LogP contribution in [0.25, 0.3) is 0 Å². The molecule has 0 unspecified atom stereocenters. The number of aliphatic carboxylic acids is 1. The molecule has 10 heteroatoms. The molecular formula is C13H16N2O8. The van der Waals surface area contributed by atoms with Crippen LogP contribution in [0.15, 0.2) is 6.07 Å². The topological polar surface area (TPSA) is 153 Å². The lowest BCUT2D eigenvalue weighted by Gasteiger charge is -2.09. The quantitative estimate of drug-likeness (QED) is 0.398. The molecule has 0 aliphatic heterocycles. The van der Waals surface area contributed by atoms with Crippen LogP contribution in [-0.4, -0.2) is 33.1 Å². The number of nitrogens with zero attached hydrogens (tertiary/aromatic N) is 2. The smallest absolute Gasteiger partial charge is 0.324 e. The minimum atomic E-state index is -0.955. The van der Waals surface area contributed by atoms with Gasteiger partial charge in [0.25, 0.3) is 5.69 Å². The Kier molecular flexibility index (Phi) is 6.24. The average molecular weight is 328 g/mol. The summed E-state index contributed by atoms with van der Waals surface area (Å²) < 4.78 is 4.73. The summed E-state index contributed by atoms with van der Waals surface area (Å²) in [5, 5.41) is 40.7. The van der Waals surface area contributed by atoms with Gasteiger partial charge < -0.3 is 14.9 Å². The number of carbonyl (C=O) groups is 1. The van der Waals surface area contributed by atoms with Crippen LogP contribution in [0.2, 0.25) is 0 Å². The Morgan fingerprint density at radius 1 is 1.22 bits per heavy atom. The predicted octanol–water partition coefficient (Wildman–Crippen LogP) is 2.40. The highest BCUT2D eigenvalue weighted by Crippen LogP contribution is 2.44. The summed E-state index contributed by atoms with van der Waals surface area (Å²) >= 11 is 0. The molecule has 0 heterocycles. The largest absolute Gasteiger partial charge is 0.500 e. The minimum absolute atomic E-state index is 0.0240. The average Bonchev–Trinajstić information content (AvgIpc) is 2.45. The van der Waals surface area contributed by atoms with Crippen molar-refractivity contribution in [2.75, 3.05) is 7.11 Å². The number of benzene rings is 1. The van der Waals surface area contributed by atoms with Crippen LogP contribution in [0.3, 0.4) is 0 Å². The number of ether oxygens (including phenoxy) is 1. The summed E-state index contributed by atoms with van der Waals surface area (Å²) in [6.45, 7) is 0. The molecule has 0 atom stereocenters. The van der Waals surface area contributed by atoms with Crippen molar-refractivity contribution in [1.82, 2.24) is 0 Å². The van der Waals surface area contributed by atoms with Crippen molar-refractivity contribution in [3.05, 3.63) is 31.9 Å². The van der Waals surface area contributed by atoms with Crippen LogP contribution < -0.4 is 4.74 Å². The Morgan fingerprint density at radius 2 is 1.87 bits per heavy atom. The van der Waals surface area contributed by atoms with Crippen molar-refractivity contribution in [2.24, 2.45) is 0 Å². The molecule has 0 spiro atoms. The first kappa shape index (κ1) is 18.1. The third-order valence-electron chi connectivity index (χ3n) is 3.24. The van der Waals surface area contributed by atoms with E-state index in [4.69, 9.17) is 9.84 Å². The van der Waals surface area contributed by atoms with Crippen molar-refractivity contribution in [2.45, 2.75) is 32.1 Å². The fourth-order valence-corrected chi connectivity index (χ4v) is 2.18. The van der Waals surface area contributed by atoms with Gasteiger partial charge in [0.15, 0.2) is 5.75 Å². The van der Waals surface area contributed by atoms with Crippen LogP contribution in [0, 0.1) is 20.2 Å². The zero-order chi connectivity index (χ0) is 17.6. The van der Waals surface area contributed by atoms with E-state index < -0.39 is 32.9 Å². The monoisotopic (exact) mass is 328 g/mol. The molecule has 23 heavy (non-hydrogen) atoms. The molecular weight excluding hydrogens is 312 g/mol. The van der Waals surface area contributed by atoms with E-state index in [0.717, 1.165) is 13.2 Å². The molecule has 126 valence electrons. The molecule has 0 amide bonds. The van der Waals surface area contributed by atoms with Gasteiger partial charge in [0, 0.05) is 6.42 Å². The van der Waals surface area contributed by atoms with Crippen molar-refractivity contribution < 1.29 is 29.6 Å². The van der Waals surface area contributed by atoms with Gasteiger partial charge in [-0.15, -0.1) is 0 Å². The first-order valence-corrected chi connectivity index (χ1v) is 6.73. The molecule has 0 aliphatic carbocycles. The van der Waals surface area contributed by atoms with E-state index in [1.165, 1.54) is 0 Å². The van der Waals surface area contributed by atoms with Crippen molar-refractivity contribution >= 4 is 17.3 Å². The Labute approximate surface area is 130 Å². The lowest BCUT2D eigenvalue weighted by molar-refractivity contribution is -0.396. The molecule has 10 nitrogen and oxygen atoms in total. The number of hydrogen-bond acceptors (Lipinski definition) is 7. The van der Waals surface area contributed by atoms with E-state index in [1.54, 1.807) is 0 Å². The fourth-order valence-electron chi connectivity index (χ4n) is 2.18. The Balaban J connectivity index is 3.11. The predicted molar refractivity (Wildman–Crippen MR) is 77.8 cm³/mol. The Bertz CT molecular complexity index is 629. The molecule has 0 saturated carbocycles. The second kappa shape index (κ2) is 7.92. The fraction of sp³-hybridized carbons (Fsp3) is 0.462. The molecule has 1 rings (SSSR count). The highest BCUT2D eigenvalue weighted by molar-refractivity contribution is 5.68. The summed E-state index contributed by atoms with van der Waals surface area (Å²) in [7, 11) is 1.13. The third kappa shape index (κ3) is 4.53. The number of nitro benzene ring substituents is 2. The van der Waals surface area contributed by atoms with Gasteiger partial charge in [-0.3, -0.25) is 25.0 Å². The number of carboxylic acids is 1. The molecule has 1 aromatic carbocycles. The lowest BCUT2D eigenvalue weighted by atomic mass is 10.0. The maximum Gasteiger partial charge on any atom is 0.324 e. The van der Waals surface area contributed by atoms with Gasteiger partial charge >= 0.3 is 11.7 Å². The van der Waals surface area contributed by atoms with E-state index >= 15 is 0 Å². The number of phenolic OH excluding ortho intramolecular Hbond substituents is 1. The first-order chi connectivity index (χ1) is 10.8. The molecule has 0 aliphatic rings. The van der Waals surface area contributed by atoms with E-state index in [-0.39, 0.29) is 24.2 Å². The Hall–Kier alpha value is -2.91. The summed E-state index contributed by atoms with van der Waals surface area (Å²) in [4.78, 5) is 31.0. The minimum Gasteiger partial charge on any atom is -0.500 e. The molecule has 1 aromatic rings. The number of methoxy groups -OCH3 is 1. The molecule has 0 radical (unpaired) electrons. The van der Waals surface area contributed by atoms with Crippen LogP contribution in [0.1, 0.15) is 31.2 Å². The third-order valence-corrected chi connectivity index (χ3v) is 3.24. The number of carboxylic acid groups (broad SMARTS) is 1. The van der Waals surface area contributed by atoms with Gasteiger partial charge in [0.2, 0.25) is 5.75 Å². The summed E-state index contributed by atoms with van der Waals surface area (Å²) in [5.74, 6) is -2.06. The van der Waals surface area contributed by atoms with Gasteiger partial charge in [0.05, 0.1) is 23.0 Å². The van der Waals surface area contributed by atoms with Gasteiger partial charge in [-0.2, -0.15) is 0 Å². The second-order valence-electron chi connectivity index (χ2n) is 4.74. The highest BCUT2D eigenvalue weighted by atomic mass is 16.6. The molecule has 0 aromatic heterocycles. The summed E-state index contributed by atoms with van der Waals surface area (Å²) in [6.07, 6.45) is 1.05. The lowest BCUT2D eigenvalue weighted by Crippen LogP contribution is -2.03. The van der Waals surface area contributed by atoms with Gasteiger partial charge in [-0.05, 0) is 19.3 Å². The molecule has 0 fully saturated rings. The van der Waals surface area contributed by atoms with Gasteiger partial charge in [-0.1, -0.05) is 6.42 Å². The first-order valence-electron chi connectivity index (χ1n) is 6.73. The van der Waals surface area contributed by atoms with Gasteiger partial charge in [0.1, 0.15) is 5.56 Å². The number of nitro groups is 2.